The van der Waals surface area contributed by atoms with E-state index < -0.39 is 11.7 Å². The highest BCUT2D eigenvalue weighted by molar-refractivity contribution is 6.31. The number of aryl methyl sites for hydroxylation is 1. The lowest BCUT2D eigenvalue weighted by Crippen LogP contribution is -2.28. The maximum atomic E-state index is 14.2. The SMILES string of the molecule is COc1ccc(Cl)cc1NC(=O)C1CC(=O)N(c2ccc(C)cc2F)C1. The Balaban J connectivity index is 1.76. The number of ether oxygens (including phenoxy) is 1. The number of halogens is 2. The van der Waals surface area contributed by atoms with Crippen LogP contribution in [0.15, 0.2) is 36.4 Å². The molecule has 0 aromatic heterocycles. The van der Waals surface area contributed by atoms with E-state index in [1.165, 1.54) is 18.1 Å². The van der Waals surface area contributed by atoms with E-state index in [0.29, 0.717) is 16.5 Å². The molecule has 0 radical (unpaired) electrons. The predicted octanol–water partition coefficient (Wildman–Crippen LogP) is 3.79. The van der Waals surface area contributed by atoms with Crippen LogP contribution in [0.1, 0.15) is 12.0 Å². The van der Waals surface area contributed by atoms with Gasteiger partial charge in [0.15, 0.2) is 0 Å². The Bertz CT molecular complexity index is 872. The van der Waals surface area contributed by atoms with E-state index in [9.17, 15) is 14.0 Å². The number of carbonyl (C=O) groups is 2. The molecule has 1 unspecified atom stereocenters. The van der Waals surface area contributed by atoms with Crippen molar-refractivity contribution in [3.63, 3.8) is 0 Å². The molecule has 5 nitrogen and oxygen atoms in total. The predicted molar refractivity (Wildman–Crippen MR) is 98.2 cm³/mol. The second-order valence-electron chi connectivity index (χ2n) is 6.19. The van der Waals surface area contributed by atoms with Gasteiger partial charge < -0.3 is 15.0 Å². The van der Waals surface area contributed by atoms with E-state index in [1.54, 1.807) is 37.3 Å². The first-order chi connectivity index (χ1) is 12.4. The normalized spacial score (nSPS) is 16.7. The van der Waals surface area contributed by atoms with Gasteiger partial charge >= 0.3 is 0 Å². The van der Waals surface area contributed by atoms with Gasteiger partial charge in [-0.25, -0.2) is 4.39 Å². The molecule has 1 aliphatic heterocycles. The van der Waals surface area contributed by atoms with Crippen molar-refractivity contribution in [1.82, 2.24) is 0 Å². The van der Waals surface area contributed by atoms with Gasteiger partial charge in [0.1, 0.15) is 11.6 Å². The number of carbonyl (C=O) groups excluding carboxylic acids is 2. The van der Waals surface area contributed by atoms with Crippen LogP contribution in [-0.2, 0) is 9.59 Å². The fraction of sp³-hybridized carbons (Fsp3) is 0.263. The zero-order valence-electron chi connectivity index (χ0n) is 14.4. The van der Waals surface area contributed by atoms with Gasteiger partial charge in [-0.3, -0.25) is 9.59 Å². The van der Waals surface area contributed by atoms with Crippen molar-refractivity contribution in [2.24, 2.45) is 5.92 Å². The van der Waals surface area contributed by atoms with Gasteiger partial charge in [-0.1, -0.05) is 17.7 Å². The van der Waals surface area contributed by atoms with Gasteiger partial charge in [0, 0.05) is 18.0 Å². The minimum absolute atomic E-state index is 0.0159. The van der Waals surface area contributed by atoms with Gasteiger partial charge in [0.2, 0.25) is 11.8 Å². The molecule has 136 valence electrons. The number of anilines is 2. The summed E-state index contributed by atoms with van der Waals surface area (Å²) >= 11 is 5.96. The number of nitrogens with one attached hydrogen (secondary N) is 1. The molecule has 2 aromatic rings. The Hall–Kier alpha value is -2.60. The summed E-state index contributed by atoms with van der Waals surface area (Å²) in [6.45, 7) is 1.89. The molecule has 1 atom stereocenters. The highest BCUT2D eigenvalue weighted by Gasteiger charge is 2.36. The average Bonchev–Trinajstić information content (AvgIpc) is 2.97. The Morgan fingerprint density at radius 3 is 2.77 bits per heavy atom. The molecule has 0 spiro atoms. The maximum absolute atomic E-state index is 14.2. The molecule has 2 aromatic carbocycles. The molecule has 1 fully saturated rings. The van der Waals surface area contributed by atoms with E-state index in [0.717, 1.165) is 5.56 Å². The smallest absolute Gasteiger partial charge is 0.229 e. The van der Waals surface area contributed by atoms with Crippen LogP contribution in [0.5, 0.6) is 5.75 Å². The fourth-order valence-electron chi connectivity index (χ4n) is 2.96. The van der Waals surface area contributed by atoms with Gasteiger partial charge in [0.25, 0.3) is 0 Å². The third-order valence-electron chi connectivity index (χ3n) is 4.31. The van der Waals surface area contributed by atoms with E-state index in [1.807, 2.05) is 0 Å². The first-order valence-electron chi connectivity index (χ1n) is 8.10. The lowest BCUT2D eigenvalue weighted by molar-refractivity contribution is -0.122. The van der Waals surface area contributed by atoms with Crippen LogP contribution in [-0.4, -0.2) is 25.5 Å². The zero-order valence-corrected chi connectivity index (χ0v) is 15.1. The molecule has 1 N–H and O–H groups in total. The Morgan fingerprint density at radius 1 is 1.31 bits per heavy atom. The quantitative estimate of drug-likeness (QED) is 0.883. The third-order valence-corrected chi connectivity index (χ3v) is 4.54. The summed E-state index contributed by atoms with van der Waals surface area (Å²) in [6, 6.07) is 9.53. The van der Waals surface area contributed by atoms with E-state index in [4.69, 9.17) is 16.3 Å². The van der Waals surface area contributed by atoms with E-state index in [2.05, 4.69) is 5.32 Å². The van der Waals surface area contributed by atoms with Crippen LogP contribution in [0.2, 0.25) is 5.02 Å². The third kappa shape index (κ3) is 3.65. The monoisotopic (exact) mass is 376 g/mol. The molecule has 1 saturated heterocycles. The summed E-state index contributed by atoms with van der Waals surface area (Å²) in [4.78, 5) is 26.2. The van der Waals surface area contributed by atoms with E-state index in [-0.39, 0.29) is 30.5 Å². The molecule has 0 bridgehead atoms. The molecule has 7 heteroatoms. The second-order valence-corrected chi connectivity index (χ2v) is 6.63. The Morgan fingerprint density at radius 2 is 2.08 bits per heavy atom. The van der Waals surface area contributed by atoms with Crippen LogP contribution in [0, 0.1) is 18.7 Å². The van der Waals surface area contributed by atoms with Crippen LogP contribution in [0.3, 0.4) is 0 Å². The van der Waals surface area contributed by atoms with Gasteiger partial charge in [0.05, 0.1) is 24.4 Å². The summed E-state index contributed by atoms with van der Waals surface area (Å²) in [5.41, 5.74) is 1.38. The summed E-state index contributed by atoms with van der Waals surface area (Å²) < 4.78 is 19.4. The first kappa shape index (κ1) is 18.2. The number of benzene rings is 2. The number of amides is 2. The molecular weight excluding hydrogens is 359 g/mol. The fourth-order valence-corrected chi connectivity index (χ4v) is 3.13. The van der Waals surface area contributed by atoms with Gasteiger partial charge in [-0.2, -0.15) is 0 Å². The first-order valence-corrected chi connectivity index (χ1v) is 8.47. The number of hydrogen-bond acceptors (Lipinski definition) is 3. The summed E-state index contributed by atoms with van der Waals surface area (Å²) in [5, 5.41) is 3.19. The maximum Gasteiger partial charge on any atom is 0.229 e. The zero-order chi connectivity index (χ0) is 18.8. The lowest BCUT2D eigenvalue weighted by atomic mass is 10.1. The summed E-state index contributed by atoms with van der Waals surface area (Å²) in [5.74, 6) is -1.23. The van der Waals surface area contributed by atoms with Crippen molar-refractivity contribution >= 4 is 34.8 Å². The van der Waals surface area contributed by atoms with Crippen LogP contribution >= 0.6 is 11.6 Å². The van der Waals surface area contributed by atoms with Crippen molar-refractivity contribution < 1.29 is 18.7 Å². The molecule has 1 aliphatic rings. The molecule has 26 heavy (non-hydrogen) atoms. The van der Waals surface area contributed by atoms with Gasteiger partial charge in [-0.05, 0) is 42.8 Å². The van der Waals surface area contributed by atoms with E-state index >= 15 is 0 Å². The summed E-state index contributed by atoms with van der Waals surface area (Å²) in [6.07, 6.45) is 0.0159. The molecule has 1 heterocycles. The highest BCUT2D eigenvalue weighted by Crippen LogP contribution is 2.31. The van der Waals surface area contributed by atoms with Crippen LogP contribution in [0.25, 0.3) is 0 Å². The number of methoxy groups -OCH3 is 1. The average molecular weight is 377 g/mol. The molecule has 3 rings (SSSR count). The molecule has 0 saturated carbocycles. The van der Waals surface area contributed by atoms with Crippen LogP contribution < -0.4 is 15.0 Å². The molecular formula is C19H18ClFN2O3. The standard InChI is InChI=1S/C19H18ClFN2O3/c1-11-3-5-16(14(21)7-11)23-10-12(8-18(23)24)19(25)22-15-9-13(20)4-6-17(15)26-2/h3-7,9,12H,8,10H2,1-2H3,(H,22,25). The minimum Gasteiger partial charge on any atom is -0.495 e. The Labute approximate surface area is 155 Å². The molecule has 2 amide bonds. The number of nitrogens with zero attached hydrogens (tertiary/aromatic N) is 1. The highest BCUT2D eigenvalue weighted by atomic mass is 35.5. The van der Waals surface area contributed by atoms with Crippen molar-refractivity contribution in [3.8, 4) is 5.75 Å². The second kappa shape index (κ2) is 7.33. The number of rotatable bonds is 4. The summed E-state index contributed by atoms with van der Waals surface area (Å²) in [7, 11) is 1.49. The minimum atomic E-state index is -0.591. The van der Waals surface area contributed by atoms with Crippen molar-refractivity contribution in [3.05, 3.63) is 52.8 Å². The van der Waals surface area contributed by atoms with Crippen molar-refractivity contribution in [1.29, 1.82) is 0 Å². The van der Waals surface area contributed by atoms with Crippen molar-refractivity contribution in [2.45, 2.75) is 13.3 Å². The topological polar surface area (TPSA) is 58.6 Å². The van der Waals surface area contributed by atoms with Crippen molar-refractivity contribution in [2.75, 3.05) is 23.9 Å². The largest absolute Gasteiger partial charge is 0.495 e. The van der Waals surface area contributed by atoms with Gasteiger partial charge in [-0.15, -0.1) is 0 Å². The Kier molecular flexibility index (Phi) is 5.13. The number of hydrogen-bond donors (Lipinski definition) is 1. The van der Waals surface area contributed by atoms with Crippen LogP contribution in [0.4, 0.5) is 15.8 Å². The molecule has 0 aliphatic carbocycles. The lowest BCUT2D eigenvalue weighted by Gasteiger charge is -2.18.